The van der Waals surface area contributed by atoms with Crippen molar-refractivity contribution >= 4 is 17.6 Å². The third kappa shape index (κ3) is 3.31. The number of aryl methyl sites for hydroxylation is 1. The molecule has 0 radical (unpaired) electrons. The summed E-state index contributed by atoms with van der Waals surface area (Å²) in [7, 11) is 0. The van der Waals surface area contributed by atoms with Gasteiger partial charge in [0.05, 0.1) is 0 Å². The molecule has 110 valence electrons. The topological polar surface area (TPSA) is 79.5 Å². The van der Waals surface area contributed by atoms with E-state index in [1.165, 1.54) is 6.07 Å². The van der Waals surface area contributed by atoms with Crippen LogP contribution in [0.3, 0.4) is 0 Å². The Kier molecular flexibility index (Phi) is 4.12. The number of carbonyl (C=O) groups is 2. The zero-order valence-electron chi connectivity index (χ0n) is 12.1. The van der Waals surface area contributed by atoms with E-state index in [1.54, 1.807) is 18.2 Å². The molecule has 1 aromatic carbocycles. The van der Waals surface area contributed by atoms with Crippen LogP contribution in [0.25, 0.3) is 11.3 Å². The first kappa shape index (κ1) is 14.8. The van der Waals surface area contributed by atoms with E-state index < -0.39 is 5.97 Å². The summed E-state index contributed by atoms with van der Waals surface area (Å²) in [5.74, 6) is -0.838. The fourth-order valence-electron chi connectivity index (χ4n) is 1.90. The normalized spacial score (nSPS) is 10.7. The Hall–Kier alpha value is -2.56. The van der Waals surface area contributed by atoms with E-state index in [4.69, 9.17) is 9.52 Å². The zero-order valence-corrected chi connectivity index (χ0v) is 12.1. The molecule has 0 unspecified atom stereocenters. The molecule has 0 bridgehead atoms. The minimum Gasteiger partial charge on any atom is -0.475 e. The molecule has 0 fully saturated rings. The summed E-state index contributed by atoms with van der Waals surface area (Å²) in [5, 5.41) is 11.7. The van der Waals surface area contributed by atoms with Crippen molar-refractivity contribution in [3.05, 3.63) is 41.7 Å². The Labute approximate surface area is 122 Å². The van der Waals surface area contributed by atoms with Crippen LogP contribution in [-0.2, 0) is 4.79 Å². The second-order valence-corrected chi connectivity index (χ2v) is 5.14. The van der Waals surface area contributed by atoms with Crippen molar-refractivity contribution in [1.29, 1.82) is 0 Å². The molecule has 0 saturated heterocycles. The third-order valence-corrected chi connectivity index (χ3v) is 3.10. The van der Waals surface area contributed by atoms with Crippen LogP contribution in [0.2, 0.25) is 0 Å². The number of aromatic carboxylic acids is 1. The largest absolute Gasteiger partial charge is 0.475 e. The molecular formula is C16H17NO4. The summed E-state index contributed by atoms with van der Waals surface area (Å²) in [5.41, 5.74) is 2.40. The number of rotatable bonds is 4. The second kappa shape index (κ2) is 5.83. The number of carboxylic acids is 1. The maximum atomic E-state index is 11.7. The molecule has 21 heavy (non-hydrogen) atoms. The first-order valence-corrected chi connectivity index (χ1v) is 6.63. The van der Waals surface area contributed by atoms with Gasteiger partial charge in [0.1, 0.15) is 5.76 Å². The van der Waals surface area contributed by atoms with Gasteiger partial charge < -0.3 is 14.8 Å². The number of nitrogens with one attached hydrogen (secondary N) is 1. The van der Waals surface area contributed by atoms with Crippen molar-refractivity contribution in [1.82, 2.24) is 0 Å². The molecule has 1 aromatic heterocycles. The highest BCUT2D eigenvalue weighted by molar-refractivity contribution is 5.92. The number of carboxylic acid groups (broad SMARTS) is 1. The maximum absolute atomic E-state index is 11.7. The predicted molar refractivity (Wildman–Crippen MR) is 79.3 cm³/mol. The third-order valence-electron chi connectivity index (χ3n) is 3.10. The molecule has 0 spiro atoms. The van der Waals surface area contributed by atoms with E-state index in [-0.39, 0.29) is 17.6 Å². The first-order chi connectivity index (χ1) is 9.88. The number of anilines is 1. The smallest absolute Gasteiger partial charge is 0.371 e. The molecule has 1 heterocycles. The van der Waals surface area contributed by atoms with Crippen LogP contribution in [0.4, 0.5) is 5.69 Å². The lowest BCUT2D eigenvalue weighted by Crippen LogP contribution is -2.17. The van der Waals surface area contributed by atoms with Crippen molar-refractivity contribution in [2.24, 2.45) is 5.92 Å². The average molecular weight is 287 g/mol. The number of furan rings is 1. The molecule has 2 aromatic rings. The van der Waals surface area contributed by atoms with Crippen LogP contribution >= 0.6 is 0 Å². The number of hydrogen-bond acceptors (Lipinski definition) is 3. The summed E-state index contributed by atoms with van der Waals surface area (Å²) in [6.07, 6.45) is 0. The molecule has 0 saturated carbocycles. The second-order valence-electron chi connectivity index (χ2n) is 5.14. The van der Waals surface area contributed by atoms with Gasteiger partial charge in [0.2, 0.25) is 11.7 Å². The van der Waals surface area contributed by atoms with Crippen molar-refractivity contribution in [3.63, 3.8) is 0 Å². The van der Waals surface area contributed by atoms with Gasteiger partial charge in [-0.2, -0.15) is 0 Å². The Morgan fingerprint density at radius 2 is 1.90 bits per heavy atom. The predicted octanol–water partition coefficient (Wildman–Crippen LogP) is 3.55. The summed E-state index contributed by atoms with van der Waals surface area (Å²) in [6.45, 7) is 5.53. The van der Waals surface area contributed by atoms with E-state index in [9.17, 15) is 9.59 Å². The van der Waals surface area contributed by atoms with E-state index >= 15 is 0 Å². The van der Waals surface area contributed by atoms with E-state index in [0.717, 1.165) is 11.1 Å². The molecule has 5 nitrogen and oxygen atoms in total. The SMILES string of the molecule is Cc1cc(NC(=O)C(C)C)ccc1-c1ccc(C(=O)O)o1. The lowest BCUT2D eigenvalue weighted by atomic mass is 10.1. The fourth-order valence-corrected chi connectivity index (χ4v) is 1.90. The Morgan fingerprint density at radius 3 is 2.43 bits per heavy atom. The van der Waals surface area contributed by atoms with Gasteiger partial charge in [-0.15, -0.1) is 0 Å². The van der Waals surface area contributed by atoms with E-state index in [2.05, 4.69) is 5.32 Å². The van der Waals surface area contributed by atoms with Gasteiger partial charge in [-0.1, -0.05) is 13.8 Å². The Morgan fingerprint density at radius 1 is 1.19 bits per heavy atom. The van der Waals surface area contributed by atoms with Crippen LogP contribution in [0, 0.1) is 12.8 Å². The highest BCUT2D eigenvalue weighted by atomic mass is 16.4. The Balaban J connectivity index is 2.26. The molecule has 5 heteroatoms. The lowest BCUT2D eigenvalue weighted by molar-refractivity contribution is -0.118. The van der Waals surface area contributed by atoms with E-state index in [1.807, 2.05) is 26.8 Å². The minimum absolute atomic E-state index is 0.0479. The van der Waals surface area contributed by atoms with Gasteiger partial charge in [0, 0.05) is 17.2 Å². The molecule has 0 aliphatic heterocycles. The van der Waals surface area contributed by atoms with Crippen LogP contribution in [-0.4, -0.2) is 17.0 Å². The van der Waals surface area contributed by atoms with Gasteiger partial charge in [0.25, 0.3) is 0 Å². The maximum Gasteiger partial charge on any atom is 0.371 e. The highest BCUT2D eigenvalue weighted by Crippen LogP contribution is 2.28. The van der Waals surface area contributed by atoms with Crippen LogP contribution < -0.4 is 5.32 Å². The van der Waals surface area contributed by atoms with Crippen molar-refractivity contribution in [3.8, 4) is 11.3 Å². The van der Waals surface area contributed by atoms with Gasteiger partial charge >= 0.3 is 5.97 Å². The zero-order chi connectivity index (χ0) is 15.6. The van der Waals surface area contributed by atoms with Crippen molar-refractivity contribution < 1.29 is 19.1 Å². The highest BCUT2D eigenvalue weighted by Gasteiger charge is 2.13. The van der Waals surface area contributed by atoms with Crippen molar-refractivity contribution in [2.45, 2.75) is 20.8 Å². The van der Waals surface area contributed by atoms with Crippen LogP contribution in [0.5, 0.6) is 0 Å². The van der Waals surface area contributed by atoms with Crippen molar-refractivity contribution in [2.75, 3.05) is 5.32 Å². The number of benzene rings is 1. The quantitative estimate of drug-likeness (QED) is 0.901. The fraction of sp³-hybridized carbons (Fsp3) is 0.250. The summed E-state index contributed by atoms with van der Waals surface area (Å²) in [4.78, 5) is 22.5. The number of hydrogen-bond donors (Lipinski definition) is 2. The van der Waals surface area contributed by atoms with Gasteiger partial charge in [-0.3, -0.25) is 4.79 Å². The van der Waals surface area contributed by atoms with Crippen LogP contribution in [0.15, 0.2) is 34.7 Å². The number of amides is 1. The first-order valence-electron chi connectivity index (χ1n) is 6.63. The average Bonchev–Trinajstić information content (AvgIpc) is 2.88. The van der Waals surface area contributed by atoms with Gasteiger partial charge in [-0.25, -0.2) is 4.79 Å². The summed E-state index contributed by atoms with van der Waals surface area (Å²) < 4.78 is 5.28. The van der Waals surface area contributed by atoms with E-state index in [0.29, 0.717) is 11.4 Å². The molecule has 0 atom stereocenters. The summed E-state index contributed by atoms with van der Waals surface area (Å²) >= 11 is 0. The minimum atomic E-state index is -1.10. The van der Waals surface area contributed by atoms with Gasteiger partial charge in [-0.05, 0) is 42.8 Å². The monoisotopic (exact) mass is 287 g/mol. The molecular weight excluding hydrogens is 270 g/mol. The molecule has 2 rings (SSSR count). The standard InChI is InChI=1S/C16H17NO4/c1-9(2)15(18)17-11-4-5-12(10(3)8-11)13-6-7-14(21-13)16(19)20/h4-9H,1-3H3,(H,17,18)(H,19,20). The summed E-state index contributed by atoms with van der Waals surface area (Å²) in [6, 6.07) is 8.45. The molecule has 0 aliphatic carbocycles. The lowest BCUT2D eigenvalue weighted by Gasteiger charge is -2.10. The number of carbonyl (C=O) groups excluding carboxylic acids is 1. The van der Waals surface area contributed by atoms with Gasteiger partial charge in [0.15, 0.2) is 0 Å². The van der Waals surface area contributed by atoms with Crippen LogP contribution in [0.1, 0.15) is 30.0 Å². The molecule has 0 aliphatic rings. The molecule has 1 amide bonds. The Bertz CT molecular complexity index is 685. The molecule has 2 N–H and O–H groups in total.